The molecule has 2 aromatic carbocycles. The number of hydrogen-bond donors (Lipinski definition) is 1. The van der Waals surface area contributed by atoms with Crippen LogP contribution in [0.5, 0.6) is 17.2 Å². The number of nitrogens with zero attached hydrogens (tertiary/aromatic N) is 1. The Hall–Kier alpha value is -4.20. The van der Waals surface area contributed by atoms with Crippen molar-refractivity contribution in [3.63, 3.8) is 0 Å². The van der Waals surface area contributed by atoms with E-state index in [1.54, 1.807) is 42.5 Å². The second-order valence-electron chi connectivity index (χ2n) is 8.29. The van der Waals surface area contributed by atoms with Gasteiger partial charge in [-0.2, -0.15) is 0 Å². The van der Waals surface area contributed by atoms with Gasteiger partial charge in [0.15, 0.2) is 11.5 Å². The van der Waals surface area contributed by atoms with Crippen LogP contribution in [0.4, 0.5) is 0 Å². The van der Waals surface area contributed by atoms with Crippen LogP contribution in [0.15, 0.2) is 70.9 Å². The molecule has 180 valence electrons. The molecule has 1 amide bonds. The Kier molecular flexibility index (Phi) is 6.18. The van der Waals surface area contributed by atoms with Crippen LogP contribution < -0.4 is 14.2 Å². The van der Waals surface area contributed by atoms with Gasteiger partial charge in [-0.15, -0.1) is 0 Å². The first kappa shape index (κ1) is 22.6. The molecule has 2 aliphatic heterocycles. The summed E-state index contributed by atoms with van der Waals surface area (Å²) in [5, 5.41) is 11.3. The first-order chi connectivity index (χ1) is 17.1. The number of Topliss-reactive ketones (excluding diaryl/α,β-unsaturated/α-hetero) is 1. The van der Waals surface area contributed by atoms with Gasteiger partial charge in [-0.3, -0.25) is 9.59 Å². The number of aliphatic hydroxyl groups excluding tert-OH is 1. The molecule has 1 N–H and O–H groups in total. The SMILES string of the molecule is CCCOc1cccc([C@@H]2/C(=C(\O)c3ccc4c(c3)OCCO4)C(=O)C(=O)N2Cc2ccco2)c1. The van der Waals surface area contributed by atoms with Crippen molar-refractivity contribution < 1.29 is 33.3 Å². The van der Waals surface area contributed by atoms with Gasteiger partial charge in [0, 0.05) is 5.56 Å². The van der Waals surface area contributed by atoms with Crippen LogP contribution in [0.1, 0.15) is 36.3 Å². The zero-order valence-corrected chi connectivity index (χ0v) is 19.2. The van der Waals surface area contributed by atoms with E-state index in [1.165, 1.54) is 11.2 Å². The number of rotatable bonds is 7. The number of likely N-dealkylation sites (tertiary alicyclic amines) is 1. The van der Waals surface area contributed by atoms with E-state index < -0.39 is 17.7 Å². The van der Waals surface area contributed by atoms with E-state index in [4.69, 9.17) is 18.6 Å². The van der Waals surface area contributed by atoms with Crippen molar-refractivity contribution in [2.45, 2.75) is 25.9 Å². The summed E-state index contributed by atoms with van der Waals surface area (Å²) in [5.41, 5.74) is 0.989. The van der Waals surface area contributed by atoms with Crippen molar-refractivity contribution in [2.24, 2.45) is 0 Å². The quantitative estimate of drug-likeness (QED) is 0.306. The number of amides is 1. The first-order valence-corrected chi connectivity index (χ1v) is 11.5. The van der Waals surface area contributed by atoms with Crippen molar-refractivity contribution >= 4 is 17.4 Å². The van der Waals surface area contributed by atoms with Gasteiger partial charge in [-0.25, -0.2) is 0 Å². The number of aliphatic hydroxyl groups is 1. The minimum Gasteiger partial charge on any atom is -0.507 e. The number of ketones is 1. The predicted octanol–water partition coefficient (Wildman–Crippen LogP) is 4.46. The molecule has 1 fully saturated rings. The molecule has 0 radical (unpaired) electrons. The second-order valence-corrected chi connectivity index (χ2v) is 8.29. The Morgan fingerprint density at radius 2 is 1.89 bits per heavy atom. The Bertz CT molecular complexity index is 1280. The fourth-order valence-corrected chi connectivity index (χ4v) is 4.30. The van der Waals surface area contributed by atoms with Gasteiger partial charge in [-0.05, 0) is 54.4 Å². The van der Waals surface area contributed by atoms with Crippen LogP contribution >= 0.6 is 0 Å². The van der Waals surface area contributed by atoms with E-state index in [0.717, 1.165) is 6.42 Å². The van der Waals surface area contributed by atoms with E-state index in [0.29, 0.717) is 54.0 Å². The monoisotopic (exact) mass is 475 g/mol. The summed E-state index contributed by atoms with van der Waals surface area (Å²) in [6, 6.07) is 14.8. The average Bonchev–Trinajstić information content (AvgIpc) is 3.49. The summed E-state index contributed by atoms with van der Waals surface area (Å²) >= 11 is 0. The summed E-state index contributed by atoms with van der Waals surface area (Å²) in [7, 11) is 0. The molecular formula is C27H25NO7. The third-order valence-electron chi connectivity index (χ3n) is 5.91. The lowest BCUT2D eigenvalue weighted by molar-refractivity contribution is -0.140. The molecule has 8 nitrogen and oxygen atoms in total. The van der Waals surface area contributed by atoms with Gasteiger partial charge in [0.2, 0.25) is 0 Å². The maximum absolute atomic E-state index is 13.3. The Morgan fingerprint density at radius 3 is 2.66 bits per heavy atom. The molecular weight excluding hydrogens is 450 g/mol. The number of carbonyl (C=O) groups is 2. The molecule has 8 heteroatoms. The van der Waals surface area contributed by atoms with Crippen molar-refractivity contribution in [3.05, 3.63) is 83.3 Å². The lowest BCUT2D eigenvalue weighted by Gasteiger charge is -2.25. The summed E-state index contributed by atoms with van der Waals surface area (Å²) in [6.07, 6.45) is 2.35. The fraction of sp³-hybridized carbons (Fsp3) is 0.259. The number of carbonyl (C=O) groups excluding carboxylic acids is 2. The first-order valence-electron chi connectivity index (χ1n) is 11.5. The van der Waals surface area contributed by atoms with Crippen LogP contribution in [0.2, 0.25) is 0 Å². The summed E-state index contributed by atoms with van der Waals surface area (Å²) in [5.74, 6) is 0.397. The minimum atomic E-state index is -0.835. The molecule has 1 saturated heterocycles. The van der Waals surface area contributed by atoms with Crippen LogP contribution in [-0.2, 0) is 16.1 Å². The van der Waals surface area contributed by atoms with E-state index in [1.807, 2.05) is 19.1 Å². The zero-order chi connectivity index (χ0) is 24.4. The third kappa shape index (κ3) is 4.35. The maximum atomic E-state index is 13.3. The van der Waals surface area contributed by atoms with E-state index in [9.17, 15) is 14.7 Å². The highest BCUT2D eigenvalue weighted by Gasteiger charge is 2.46. The molecule has 0 unspecified atom stereocenters. The smallest absolute Gasteiger partial charge is 0.296 e. The Balaban J connectivity index is 1.61. The fourth-order valence-electron chi connectivity index (χ4n) is 4.30. The van der Waals surface area contributed by atoms with Crippen molar-refractivity contribution in [1.29, 1.82) is 0 Å². The summed E-state index contributed by atoms with van der Waals surface area (Å²) in [4.78, 5) is 27.8. The Labute approximate surface area is 202 Å². The van der Waals surface area contributed by atoms with Crippen LogP contribution in [0.25, 0.3) is 5.76 Å². The molecule has 0 saturated carbocycles. The van der Waals surface area contributed by atoms with Gasteiger partial charge in [0.25, 0.3) is 11.7 Å². The minimum absolute atomic E-state index is 0.00845. The highest BCUT2D eigenvalue weighted by atomic mass is 16.6. The number of benzene rings is 2. The molecule has 0 bridgehead atoms. The number of fused-ring (bicyclic) bond motifs is 1. The topological polar surface area (TPSA) is 98.4 Å². The van der Waals surface area contributed by atoms with Crippen LogP contribution in [0.3, 0.4) is 0 Å². The van der Waals surface area contributed by atoms with Crippen LogP contribution in [-0.4, -0.2) is 41.5 Å². The highest BCUT2D eigenvalue weighted by molar-refractivity contribution is 6.46. The van der Waals surface area contributed by atoms with Gasteiger partial charge in [0.1, 0.15) is 30.5 Å². The molecule has 1 aromatic heterocycles. The Morgan fingerprint density at radius 1 is 1.06 bits per heavy atom. The number of ether oxygens (including phenoxy) is 3. The van der Waals surface area contributed by atoms with Crippen LogP contribution in [0, 0.1) is 0 Å². The molecule has 3 aromatic rings. The van der Waals surface area contributed by atoms with Gasteiger partial charge in [-0.1, -0.05) is 19.1 Å². The van der Waals surface area contributed by atoms with E-state index >= 15 is 0 Å². The maximum Gasteiger partial charge on any atom is 0.296 e. The average molecular weight is 475 g/mol. The molecule has 1 atom stereocenters. The molecule has 5 rings (SSSR count). The van der Waals surface area contributed by atoms with Crippen molar-refractivity contribution in [2.75, 3.05) is 19.8 Å². The van der Waals surface area contributed by atoms with Crippen molar-refractivity contribution in [1.82, 2.24) is 4.90 Å². The number of hydrogen-bond acceptors (Lipinski definition) is 7. The molecule has 35 heavy (non-hydrogen) atoms. The van der Waals surface area contributed by atoms with Gasteiger partial charge in [0.05, 0.1) is 31.0 Å². The highest BCUT2D eigenvalue weighted by Crippen LogP contribution is 2.42. The lowest BCUT2D eigenvalue weighted by Crippen LogP contribution is -2.29. The van der Waals surface area contributed by atoms with E-state index in [2.05, 4.69) is 0 Å². The standard InChI is InChI=1S/C27H25NO7/c1-2-10-32-19-6-3-5-17(14-19)24-23(26(30)27(31)28(24)16-20-7-4-11-33-20)25(29)18-8-9-21-22(15-18)35-13-12-34-21/h3-9,11,14-15,24,29H,2,10,12-13,16H2,1H3/b25-23+/t24-/m1/s1. The summed E-state index contributed by atoms with van der Waals surface area (Å²) < 4.78 is 22.4. The third-order valence-corrected chi connectivity index (χ3v) is 5.91. The molecule has 3 heterocycles. The molecule has 0 aliphatic carbocycles. The second kappa shape index (κ2) is 9.58. The van der Waals surface area contributed by atoms with E-state index in [-0.39, 0.29) is 17.9 Å². The largest absolute Gasteiger partial charge is 0.507 e. The van der Waals surface area contributed by atoms with Gasteiger partial charge >= 0.3 is 0 Å². The molecule has 0 spiro atoms. The molecule has 2 aliphatic rings. The van der Waals surface area contributed by atoms with Gasteiger partial charge < -0.3 is 28.6 Å². The normalized spacial score (nSPS) is 18.7. The predicted molar refractivity (Wildman–Crippen MR) is 126 cm³/mol. The number of furan rings is 1. The lowest BCUT2D eigenvalue weighted by atomic mass is 9.95. The zero-order valence-electron chi connectivity index (χ0n) is 19.2. The van der Waals surface area contributed by atoms with Crippen molar-refractivity contribution in [3.8, 4) is 17.2 Å². The summed E-state index contributed by atoms with van der Waals surface area (Å²) in [6.45, 7) is 3.44.